The number of rotatable bonds is 6. The van der Waals surface area contributed by atoms with Crippen LogP contribution in [0.4, 0.5) is 10.1 Å². The first-order valence-corrected chi connectivity index (χ1v) is 9.80. The zero-order chi connectivity index (χ0) is 19.4. The van der Waals surface area contributed by atoms with Gasteiger partial charge in [-0.2, -0.15) is 0 Å². The zero-order valence-corrected chi connectivity index (χ0v) is 16.3. The molecule has 1 saturated carbocycles. The number of nitrogens with one attached hydrogen (secondary N) is 1. The minimum Gasteiger partial charge on any atom is -0.490 e. The van der Waals surface area contributed by atoms with Gasteiger partial charge in [0.15, 0.2) is 0 Å². The Morgan fingerprint density at radius 1 is 1.22 bits per heavy atom. The fraction of sp³-hybridized carbons (Fsp3) is 0.435. The van der Waals surface area contributed by atoms with Crippen LogP contribution in [0.25, 0.3) is 0 Å². The van der Waals surface area contributed by atoms with Crippen molar-refractivity contribution in [1.82, 2.24) is 0 Å². The van der Waals surface area contributed by atoms with Crippen LogP contribution in [0.15, 0.2) is 42.5 Å². The van der Waals surface area contributed by atoms with Crippen LogP contribution in [0.2, 0.25) is 0 Å². The molecule has 0 radical (unpaired) electrons. The Bertz CT molecular complexity index is 812. The van der Waals surface area contributed by atoms with Gasteiger partial charge < -0.3 is 10.1 Å². The maximum Gasteiger partial charge on any atom is 0.235 e. The van der Waals surface area contributed by atoms with Gasteiger partial charge in [-0.25, -0.2) is 4.39 Å². The van der Waals surface area contributed by atoms with Gasteiger partial charge in [0, 0.05) is 11.3 Å². The molecule has 1 fully saturated rings. The lowest BCUT2D eigenvalue weighted by Gasteiger charge is -2.29. The van der Waals surface area contributed by atoms with Gasteiger partial charge >= 0.3 is 0 Å². The molecule has 0 unspecified atom stereocenters. The first kappa shape index (κ1) is 19.4. The molecule has 144 valence electrons. The number of halogens is 1. The van der Waals surface area contributed by atoms with Crippen LogP contribution in [0.1, 0.15) is 57.1 Å². The topological polar surface area (TPSA) is 38.3 Å². The van der Waals surface area contributed by atoms with Crippen molar-refractivity contribution in [2.75, 3.05) is 5.32 Å². The smallest absolute Gasteiger partial charge is 0.235 e. The summed E-state index contributed by atoms with van der Waals surface area (Å²) in [6.07, 6.45) is 4.29. The van der Waals surface area contributed by atoms with E-state index in [1.165, 1.54) is 6.07 Å². The molecule has 0 bridgehead atoms. The van der Waals surface area contributed by atoms with Gasteiger partial charge in [-0.1, -0.05) is 38.0 Å². The highest BCUT2D eigenvalue weighted by Gasteiger charge is 2.44. The predicted octanol–water partition coefficient (Wildman–Crippen LogP) is 5.76. The standard InChI is InChI=1S/C23H28FNO2/c1-4-17(3)27-21-12-11-18(15-16(21)2)25-22(26)23(13-7-8-14-23)19-9-5-6-10-20(19)24/h5-6,9-12,15,17H,4,7-8,13-14H2,1-3H3,(H,25,26)/t17-/m0/s1. The first-order chi connectivity index (χ1) is 13.0. The van der Waals surface area contributed by atoms with Crippen molar-refractivity contribution in [3.63, 3.8) is 0 Å². The van der Waals surface area contributed by atoms with Crippen molar-refractivity contribution in [3.05, 3.63) is 59.4 Å². The average Bonchev–Trinajstić information content (AvgIpc) is 3.15. The average molecular weight is 369 g/mol. The van der Waals surface area contributed by atoms with E-state index in [1.54, 1.807) is 18.2 Å². The fourth-order valence-electron chi connectivity index (χ4n) is 3.86. The molecule has 1 aliphatic carbocycles. The number of carbonyl (C=O) groups excluding carboxylic acids is 1. The lowest BCUT2D eigenvalue weighted by atomic mass is 9.77. The number of aryl methyl sites for hydroxylation is 1. The number of ether oxygens (including phenoxy) is 1. The maximum atomic E-state index is 14.5. The van der Waals surface area contributed by atoms with Gasteiger partial charge in [-0.05, 0) is 62.9 Å². The van der Waals surface area contributed by atoms with E-state index in [9.17, 15) is 9.18 Å². The molecular weight excluding hydrogens is 341 g/mol. The van der Waals surface area contributed by atoms with E-state index in [0.29, 0.717) is 18.4 Å². The molecule has 1 aliphatic rings. The van der Waals surface area contributed by atoms with E-state index in [-0.39, 0.29) is 17.8 Å². The second-order valence-corrected chi connectivity index (χ2v) is 7.54. The van der Waals surface area contributed by atoms with Crippen molar-refractivity contribution in [2.24, 2.45) is 0 Å². The van der Waals surface area contributed by atoms with E-state index < -0.39 is 5.41 Å². The molecule has 27 heavy (non-hydrogen) atoms. The molecule has 0 heterocycles. The highest BCUT2D eigenvalue weighted by Crippen LogP contribution is 2.43. The molecule has 2 aromatic rings. The predicted molar refractivity (Wildman–Crippen MR) is 107 cm³/mol. The minimum atomic E-state index is -0.787. The van der Waals surface area contributed by atoms with Crippen LogP contribution >= 0.6 is 0 Å². The maximum absolute atomic E-state index is 14.5. The summed E-state index contributed by atoms with van der Waals surface area (Å²) in [6, 6.07) is 12.3. The number of amides is 1. The molecule has 4 heteroatoms. The van der Waals surface area contributed by atoms with Crippen molar-refractivity contribution < 1.29 is 13.9 Å². The van der Waals surface area contributed by atoms with Gasteiger partial charge in [-0.3, -0.25) is 4.79 Å². The molecular formula is C23H28FNO2. The molecule has 1 amide bonds. The normalized spacial score (nSPS) is 16.7. The summed E-state index contributed by atoms with van der Waals surface area (Å²) in [5.41, 5.74) is 1.41. The monoisotopic (exact) mass is 369 g/mol. The molecule has 3 rings (SSSR count). The van der Waals surface area contributed by atoms with Crippen LogP contribution in [0.5, 0.6) is 5.75 Å². The number of hydrogen-bond donors (Lipinski definition) is 1. The summed E-state index contributed by atoms with van der Waals surface area (Å²) < 4.78 is 20.4. The van der Waals surface area contributed by atoms with Crippen LogP contribution in [0, 0.1) is 12.7 Å². The Hall–Kier alpha value is -2.36. The van der Waals surface area contributed by atoms with E-state index >= 15 is 0 Å². The zero-order valence-electron chi connectivity index (χ0n) is 16.3. The third-order valence-corrected chi connectivity index (χ3v) is 5.62. The highest BCUT2D eigenvalue weighted by atomic mass is 19.1. The Balaban J connectivity index is 1.83. The van der Waals surface area contributed by atoms with Crippen molar-refractivity contribution in [1.29, 1.82) is 0 Å². The van der Waals surface area contributed by atoms with Crippen LogP contribution < -0.4 is 10.1 Å². The van der Waals surface area contributed by atoms with Gasteiger partial charge in [-0.15, -0.1) is 0 Å². The van der Waals surface area contributed by atoms with Gasteiger partial charge in [0.25, 0.3) is 0 Å². The SMILES string of the molecule is CC[C@H](C)Oc1ccc(NC(=O)C2(c3ccccc3F)CCCC2)cc1C. The number of benzene rings is 2. The molecule has 0 spiro atoms. The molecule has 0 aromatic heterocycles. The second kappa shape index (κ2) is 8.12. The summed E-state index contributed by atoms with van der Waals surface area (Å²) in [4.78, 5) is 13.2. The molecule has 1 N–H and O–H groups in total. The lowest BCUT2D eigenvalue weighted by Crippen LogP contribution is -2.38. The van der Waals surface area contributed by atoms with Gasteiger partial charge in [0.05, 0.1) is 11.5 Å². The highest BCUT2D eigenvalue weighted by molar-refractivity contribution is 5.99. The first-order valence-electron chi connectivity index (χ1n) is 9.80. The van der Waals surface area contributed by atoms with E-state index in [4.69, 9.17) is 4.74 Å². The number of hydrogen-bond acceptors (Lipinski definition) is 2. The Morgan fingerprint density at radius 3 is 2.56 bits per heavy atom. The largest absolute Gasteiger partial charge is 0.490 e. The van der Waals surface area contributed by atoms with E-state index in [0.717, 1.165) is 36.3 Å². The third-order valence-electron chi connectivity index (χ3n) is 5.62. The minimum absolute atomic E-state index is 0.125. The van der Waals surface area contributed by atoms with Crippen molar-refractivity contribution >= 4 is 11.6 Å². The summed E-state index contributed by atoms with van der Waals surface area (Å²) in [5.74, 6) is 0.398. The number of carbonyl (C=O) groups is 1. The summed E-state index contributed by atoms with van der Waals surface area (Å²) in [7, 11) is 0. The third kappa shape index (κ3) is 4.00. The van der Waals surface area contributed by atoms with E-state index in [1.807, 2.05) is 32.0 Å². The molecule has 1 atom stereocenters. The van der Waals surface area contributed by atoms with Gasteiger partial charge in [0.2, 0.25) is 5.91 Å². The van der Waals surface area contributed by atoms with Crippen LogP contribution in [0.3, 0.4) is 0 Å². The van der Waals surface area contributed by atoms with Crippen LogP contribution in [-0.2, 0) is 10.2 Å². The Labute approximate surface area is 160 Å². The Kier molecular flexibility index (Phi) is 5.83. The molecule has 0 aliphatic heterocycles. The second-order valence-electron chi connectivity index (χ2n) is 7.54. The Morgan fingerprint density at radius 2 is 1.93 bits per heavy atom. The van der Waals surface area contributed by atoms with E-state index in [2.05, 4.69) is 12.2 Å². The summed E-state index contributed by atoms with van der Waals surface area (Å²) >= 11 is 0. The quantitative estimate of drug-likeness (QED) is 0.703. The fourth-order valence-corrected chi connectivity index (χ4v) is 3.86. The van der Waals surface area contributed by atoms with Crippen molar-refractivity contribution in [2.45, 2.75) is 64.4 Å². The lowest BCUT2D eigenvalue weighted by molar-refractivity contribution is -0.121. The summed E-state index contributed by atoms with van der Waals surface area (Å²) in [6.45, 7) is 6.08. The van der Waals surface area contributed by atoms with Crippen molar-refractivity contribution in [3.8, 4) is 5.75 Å². The van der Waals surface area contributed by atoms with Crippen LogP contribution in [-0.4, -0.2) is 12.0 Å². The molecule has 0 saturated heterocycles. The summed E-state index contributed by atoms with van der Waals surface area (Å²) in [5, 5.41) is 3.02. The molecule has 3 nitrogen and oxygen atoms in total. The molecule has 2 aromatic carbocycles. The number of anilines is 1. The van der Waals surface area contributed by atoms with Gasteiger partial charge in [0.1, 0.15) is 11.6 Å².